The minimum atomic E-state index is 0.622. The van der Waals surface area contributed by atoms with Crippen LogP contribution in [0.5, 0.6) is 0 Å². The van der Waals surface area contributed by atoms with Crippen molar-refractivity contribution in [2.24, 2.45) is 0 Å². The molecule has 1 heterocycles. The Labute approximate surface area is 135 Å². The molecule has 0 atom stereocenters. The molecule has 0 unspecified atom stereocenters. The minimum Gasteiger partial charge on any atom is -0.362 e. The largest absolute Gasteiger partial charge is 0.362 e. The molecule has 2 N–H and O–H groups in total. The normalized spacial score (nSPS) is 10.1. The Bertz CT molecular complexity index is 573. The van der Waals surface area contributed by atoms with Crippen molar-refractivity contribution in [2.45, 2.75) is 12.7 Å². The molecule has 0 amide bonds. The van der Waals surface area contributed by atoms with Gasteiger partial charge in [-0.15, -0.1) is 0 Å². The van der Waals surface area contributed by atoms with Gasteiger partial charge in [0.05, 0.1) is 0 Å². The Hall–Kier alpha value is -1.59. The van der Waals surface area contributed by atoms with Gasteiger partial charge in [-0.1, -0.05) is 36.4 Å². The van der Waals surface area contributed by atoms with Gasteiger partial charge in [0.1, 0.15) is 5.82 Å². The van der Waals surface area contributed by atoms with Crippen LogP contribution in [0.3, 0.4) is 0 Å². The van der Waals surface area contributed by atoms with Crippen molar-refractivity contribution >= 4 is 34.9 Å². The van der Waals surface area contributed by atoms with Crippen LogP contribution in [-0.4, -0.2) is 22.4 Å². The van der Waals surface area contributed by atoms with Gasteiger partial charge in [0.15, 0.2) is 5.11 Å². The number of pyridine rings is 1. The van der Waals surface area contributed by atoms with Gasteiger partial charge in [-0.3, -0.25) is 0 Å². The zero-order valence-corrected chi connectivity index (χ0v) is 13.6. The number of anilines is 1. The van der Waals surface area contributed by atoms with E-state index in [0.29, 0.717) is 5.11 Å². The lowest BCUT2D eigenvalue weighted by Gasteiger charge is -2.11. The topological polar surface area (TPSA) is 37.0 Å². The summed E-state index contributed by atoms with van der Waals surface area (Å²) in [5.74, 6) is 2.85. The van der Waals surface area contributed by atoms with Crippen molar-refractivity contribution in [3.63, 3.8) is 0 Å². The van der Waals surface area contributed by atoms with E-state index >= 15 is 0 Å². The fourth-order valence-corrected chi connectivity index (χ4v) is 2.79. The number of nitrogens with zero attached hydrogens (tertiary/aromatic N) is 1. The predicted molar refractivity (Wildman–Crippen MR) is 95.8 cm³/mol. The molecule has 3 nitrogen and oxygen atoms in total. The van der Waals surface area contributed by atoms with Crippen molar-refractivity contribution < 1.29 is 0 Å². The lowest BCUT2D eigenvalue weighted by molar-refractivity contribution is 0.987. The molecule has 1 aromatic heterocycles. The van der Waals surface area contributed by atoms with Crippen molar-refractivity contribution in [1.82, 2.24) is 10.3 Å². The van der Waals surface area contributed by atoms with Crippen LogP contribution in [0.4, 0.5) is 5.82 Å². The molecule has 0 aliphatic rings. The number of hydrogen-bond donors (Lipinski definition) is 2. The van der Waals surface area contributed by atoms with Crippen LogP contribution in [0.15, 0.2) is 48.7 Å². The molecule has 2 aromatic rings. The second-order valence-corrected chi connectivity index (χ2v) is 6.10. The summed E-state index contributed by atoms with van der Waals surface area (Å²) in [5.41, 5.74) is 2.44. The lowest BCUT2D eigenvalue weighted by Crippen LogP contribution is -2.30. The van der Waals surface area contributed by atoms with Gasteiger partial charge in [0.25, 0.3) is 0 Å². The van der Waals surface area contributed by atoms with Crippen LogP contribution in [-0.2, 0) is 5.75 Å². The molecular weight excluding hydrogens is 298 g/mol. The third-order valence-electron chi connectivity index (χ3n) is 2.88. The molecule has 1 aromatic carbocycles. The average Bonchev–Trinajstić information content (AvgIpc) is 2.50. The first-order chi connectivity index (χ1) is 10.3. The van der Waals surface area contributed by atoms with Gasteiger partial charge in [-0.25, -0.2) is 4.98 Å². The van der Waals surface area contributed by atoms with Gasteiger partial charge in [-0.2, -0.15) is 11.8 Å². The third kappa shape index (κ3) is 5.73. The first-order valence-corrected chi connectivity index (χ1v) is 8.40. The van der Waals surface area contributed by atoms with E-state index in [4.69, 9.17) is 12.2 Å². The Morgan fingerprint density at radius 3 is 2.76 bits per heavy atom. The van der Waals surface area contributed by atoms with Crippen LogP contribution in [0.25, 0.3) is 0 Å². The van der Waals surface area contributed by atoms with Gasteiger partial charge >= 0.3 is 0 Å². The van der Waals surface area contributed by atoms with Crippen LogP contribution < -0.4 is 10.6 Å². The molecule has 0 saturated heterocycles. The highest BCUT2D eigenvalue weighted by Gasteiger charge is 2.01. The average molecular weight is 317 g/mol. The quantitative estimate of drug-likeness (QED) is 0.629. The molecule has 110 valence electrons. The van der Waals surface area contributed by atoms with E-state index in [-0.39, 0.29) is 0 Å². The van der Waals surface area contributed by atoms with Crippen molar-refractivity contribution in [3.05, 3.63) is 59.8 Å². The highest BCUT2D eigenvalue weighted by molar-refractivity contribution is 7.98. The molecule has 0 fully saturated rings. The molecule has 21 heavy (non-hydrogen) atoms. The summed E-state index contributed by atoms with van der Waals surface area (Å²) in [7, 11) is 0. The van der Waals surface area contributed by atoms with E-state index in [1.807, 2.05) is 36.9 Å². The molecule has 0 saturated carbocycles. The summed E-state index contributed by atoms with van der Waals surface area (Å²) in [6.07, 6.45) is 1.76. The number of benzene rings is 1. The Morgan fingerprint density at radius 2 is 2.00 bits per heavy atom. The van der Waals surface area contributed by atoms with Crippen molar-refractivity contribution in [1.29, 1.82) is 0 Å². The first-order valence-electron chi connectivity index (χ1n) is 6.84. The standard InChI is InChI=1S/C16H19N3S2/c1-13-6-5-9-17-15(13)19-16(20)18-10-11-21-12-14-7-3-2-4-8-14/h2-9H,10-12H2,1H3,(H2,17,18,19,20). The molecule has 0 bridgehead atoms. The Balaban J connectivity index is 1.63. The Kier molecular flexibility index (Phi) is 6.50. The van der Waals surface area contributed by atoms with Crippen molar-refractivity contribution in [3.8, 4) is 0 Å². The molecule has 0 spiro atoms. The monoisotopic (exact) mass is 317 g/mol. The number of thiocarbonyl (C=S) groups is 1. The van der Waals surface area contributed by atoms with Gasteiger partial charge in [0, 0.05) is 24.2 Å². The molecular formula is C16H19N3S2. The maximum atomic E-state index is 5.27. The van der Waals surface area contributed by atoms with Crippen LogP contribution in [0, 0.1) is 6.92 Å². The Morgan fingerprint density at radius 1 is 1.19 bits per heavy atom. The summed E-state index contributed by atoms with van der Waals surface area (Å²) in [5, 5.41) is 6.95. The lowest BCUT2D eigenvalue weighted by atomic mass is 10.2. The minimum absolute atomic E-state index is 0.622. The molecule has 5 heteroatoms. The summed E-state index contributed by atoms with van der Waals surface area (Å²) in [4.78, 5) is 4.26. The van der Waals surface area contributed by atoms with Crippen LogP contribution >= 0.6 is 24.0 Å². The maximum absolute atomic E-state index is 5.27. The second-order valence-electron chi connectivity index (χ2n) is 4.59. The number of thioether (sulfide) groups is 1. The highest BCUT2D eigenvalue weighted by atomic mass is 32.2. The van der Waals surface area contributed by atoms with E-state index in [9.17, 15) is 0 Å². The predicted octanol–water partition coefficient (Wildman–Crippen LogP) is 3.61. The van der Waals surface area contributed by atoms with Crippen LogP contribution in [0.2, 0.25) is 0 Å². The fourth-order valence-electron chi connectivity index (χ4n) is 1.77. The summed E-state index contributed by atoms with van der Waals surface area (Å²) in [6, 6.07) is 14.4. The number of nitrogens with one attached hydrogen (secondary N) is 2. The number of aryl methyl sites for hydroxylation is 1. The van der Waals surface area contributed by atoms with E-state index in [2.05, 4.69) is 39.9 Å². The fraction of sp³-hybridized carbons (Fsp3) is 0.250. The van der Waals surface area contributed by atoms with E-state index in [1.165, 1.54) is 5.56 Å². The van der Waals surface area contributed by atoms with E-state index in [1.54, 1.807) is 6.20 Å². The second kappa shape index (κ2) is 8.64. The molecule has 0 aliphatic heterocycles. The maximum Gasteiger partial charge on any atom is 0.171 e. The smallest absolute Gasteiger partial charge is 0.171 e. The molecule has 2 rings (SSSR count). The first kappa shape index (κ1) is 15.8. The molecule has 0 radical (unpaired) electrons. The van der Waals surface area contributed by atoms with Crippen molar-refractivity contribution in [2.75, 3.05) is 17.6 Å². The summed E-state index contributed by atoms with van der Waals surface area (Å²) < 4.78 is 0. The zero-order chi connectivity index (χ0) is 14.9. The van der Waals surface area contributed by atoms with E-state index < -0.39 is 0 Å². The highest BCUT2D eigenvalue weighted by Crippen LogP contribution is 2.11. The van der Waals surface area contributed by atoms with Gasteiger partial charge in [0.2, 0.25) is 0 Å². The van der Waals surface area contributed by atoms with Gasteiger partial charge in [-0.05, 0) is 36.3 Å². The summed E-state index contributed by atoms with van der Waals surface area (Å²) in [6.45, 7) is 2.85. The van der Waals surface area contributed by atoms with Gasteiger partial charge < -0.3 is 10.6 Å². The number of hydrogen-bond acceptors (Lipinski definition) is 3. The number of rotatable bonds is 6. The summed E-state index contributed by atoms with van der Waals surface area (Å²) >= 11 is 7.16. The third-order valence-corrected chi connectivity index (χ3v) is 4.16. The van der Waals surface area contributed by atoms with Crippen LogP contribution in [0.1, 0.15) is 11.1 Å². The zero-order valence-electron chi connectivity index (χ0n) is 12.0. The number of aromatic nitrogens is 1. The molecule has 0 aliphatic carbocycles. The SMILES string of the molecule is Cc1cccnc1NC(=S)NCCSCc1ccccc1. The van der Waals surface area contributed by atoms with E-state index in [0.717, 1.165) is 29.4 Å².